The van der Waals surface area contributed by atoms with Crippen LogP contribution in [0.3, 0.4) is 0 Å². The average Bonchev–Trinajstić information content (AvgIpc) is 2.19. The van der Waals surface area contributed by atoms with Crippen LogP contribution in [0.1, 0.15) is 17.2 Å². The average molecular weight is 208 g/mol. The molecule has 0 spiro atoms. The maximum absolute atomic E-state index is 11.1. The molecular formula is C11H16N2O2. The first kappa shape index (κ1) is 11.7. The number of hydrogen-bond acceptors (Lipinski definition) is 3. The van der Waals surface area contributed by atoms with Crippen molar-refractivity contribution in [3.63, 3.8) is 0 Å². The molecule has 15 heavy (non-hydrogen) atoms. The Morgan fingerprint density at radius 2 is 2.33 bits per heavy atom. The van der Waals surface area contributed by atoms with Crippen LogP contribution in [0.2, 0.25) is 0 Å². The maximum atomic E-state index is 11.1. The number of benzene rings is 1. The lowest BCUT2D eigenvalue weighted by molar-refractivity contribution is -0.120. The lowest BCUT2D eigenvalue weighted by Crippen LogP contribution is -2.31. The molecule has 4 heteroatoms. The summed E-state index contributed by atoms with van der Waals surface area (Å²) in [6.07, 6.45) is 0. The van der Waals surface area contributed by atoms with Crippen LogP contribution in [0.25, 0.3) is 0 Å². The molecule has 0 aliphatic carbocycles. The fourth-order valence-corrected chi connectivity index (χ4v) is 1.50. The van der Waals surface area contributed by atoms with E-state index in [1.54, 1.807) is 14.2 Å². The van der Waals surface area contributed by atoms with Gasteiger partial charge in [0.1, 0.15) is 6.04 Å². The maximum Gasteiger partial charge on any atom is 0.239 e. The van der Waals surface area contributed by atoms with Gasteiger partial charge in [0.25, 0.3) is 0 Å². The molecular weight excluding hydrogens is 192 g/mol. The van der Waals surface area contributed by atoms with E-state index in [9.17, 15) is 4.79 Å². The van der Waals surface area contributed by atoms with Crippen molar-refractivity contribution in [1.29, 1.82) is 0 Å². The Hall–Kier alpha value is -1.39. The minimum Gasteiger partial charge on any atom is -0.380 e. The molecule has 1 amide bonds. The molecule has 0 saturated heterocycles. The zero-order chi connectivity index (χ0) is 11.3. The van der Waals surface area contributed by atoms with E-state index in [2.05, 4.69) is 5.32 Å². The Bertz CT molecular complexity index is 339. The molecule has 0 fully saturated rings. The van der Waals surface area contributed by atoms with Gasteiger partial charge in [0, 0.05) is 7.11 Å². The normalized spacial score (nSPS) is 12.4. The SMILES string of the molecule is CNC(C(N)=O)c1cccc(COC)c1. The highest BCUT2D eigenvalue weighted by Crippen LogP contribution is 2.14. The van der Waals surface area contributed by atoms with E-state index in [1.165, 1.54) is 0 Å². The van der Waals surface area contributed by atoms with Crippen molar-refractivity contribution in [3.05, 3.63) is 35.4 Å². The summed E-state index contributed by atoms with van der Waals surface area (Å²) in [7, 11) is 3.34. The van der Waals surface area contributed by atoms with E-state index in [0.29, 0.717) is 6.61 Å². The minimum atomic E-state index is -0.443. The second-order valence-electron chi connectivity index (χ2n) is 3.30. The summed E-state index contributed by atoms with van der Waals surface area (Å²) < 4.78 is 5.02. The van der Waals surface area contributed by atoms with Crippen molar-refractivity contribution in [1.82, 2.24) is 5.32 Å². The zero-order valence-electron chi connectivity index (χ0n) is 8.99. The summed E-state index contributed by atoms with van der Waals surface area (Å²) in [5, 5.41) is 2.87. The zero-order valence-corrected chi connectivity index (χ0v) is 8.99. The number of primary amides is 1. The van der Waals surface area contributed by atoms with Crippen molar-refractivity contribution < 1.29 is 9.53 Å². The van der Waals surface area contributed by atoms with Crippen LogP contribution < -0.4 is 11.1 Å². The number of nitrogens with one attached hydrogen (secondary N) is 1. The standard InChI is InChI=1S/C11H16N2O2/c1-13-10(11(12)14)9-5-3-4-8(6-9)7-15-2/h3-6,10,13H,7H2,1-2H3,(H2,12,14). The number of hydrogen-bond donors (Lipinski definition) is 2. The molecule has 1 rings (SSSR count). The summed E-state index contributed by atoms with van der Waals surface area (Å²) >= 11 is 0. The first-order chi connectivity index (χ1) is 7.19. The van der Waals surface area contributed by atoms with Gasteiger partial charge in [-0.15, -0.1) is 0 Å². The highest BCUT2D eigenvalue weighted by molar-refractivity contribution is 5.81. The first-order valence-corrected chi connectivity index (χ1v) is 4.73. The summed E-state index contributed by atoms with van der Waals surface area (Å²) in [4.78, 5) is 11.1. The molecule has 1 unspecified atom stereocenters. The number of rotatable bonds is 5. The fourth-order valence-electron chi connectivity index (χ4n) is 1.50. The van der Waals surface area contributed by atoms with Crippen LogP contribution >= 0.6 is 0 Å². The molecule has 0 heterocycles. The molecule has 0 aliphatic heterocycles. The topological polar surface area (TPSA) is 64.3 Å². The highest BCUT2D eigenvalue weighted by atomic mass is 16.5. The molecule has 0 radical (unpaired) electrons. The van der Waals surface area contributed by atoms with Crippen molar-refractivity contribution in [2.75, 3.05) is 14.2 Å². The third-order valence-corrected chi connectivity index (χ3v) is 2.17. The summed E-state index contributed by atoms with van der Waals surface area (Å²) in [6.45, 7) is 0.531. The smallest absolute Gasteiger partial charge is 0.239 e. The van der Waals surface area contributed by atoms with E-state index in [1.807, 2.05) is 24.3 Å². The number of carbonyl (C=O) groups is 1. The van der Waals surface area contributed by atoms with Crippen molar-refractivity contribution in [2.24, 2.45) is 5.73 Å². The summed E-state index contributed by atoms with van der Waals surface area (Å²) in [5.74, 6) is -0.382. The van der Waals surface area contributed by atoms with Crippen LogP contribution in [0.15, 0.2) is 24.3 Å². The van der Waals surface area contributed by atoms with E-state index < -0.39 is 6.04 Å². The van der Waals surface area contributed by atoms with Crippen molar-refractivity contribution >= 4 is 5.91 Å². The Labute approximate surface area is 89.4 Å². The van der Waals surface area contributed by atoms with Gasteiger partial charge in [-0.2, -0.15) is 0 Å². The van der Waals surface area contributed by atoms with Gasteiger partial charge >= 0.3 is 0 Å². The van der Waals surface area contributed by atoms with Crippen molar-refractivity contribution in [2.45, 2.75) is 12.6 Å². The van der Waals surface area contributed by atoms with Gasteiger partial charge < -0.3 is 15.8 Å². The Morgan fingerprint density at radius 1 is 1.60 bits per heavy atom. The third-order valence-electron chi connectivity index (χ3n) is 2.17. The summed E-state index contributed by atoms with van der Waals surface area (Å²) in [6, 6.07) is 7.17. The molecule has 0 aromatic heterocycles. The highest BCUT2D eigenvalue weighted by Gasteiger charge is 2.14. The predicted molar refractivity (Wildman–Crippen MR) is 58.2 cm³/mol. The van der Waals surface area contributed by atoms with Crippen LogP contribution in [-0.2, 0) is 16.1 Å². The first-order valence-electron chi connectivity index (χ1n) is 4.73. The van der Waals surface area contributed by atoms with Gasteiger partial charge in [0.05, 0.1) is 6.61 Å². The lowest BCUT2D eigenvalue weighted by atomic mass is 10.0. The Balaban J connectivity index is 2.92. The Kier molecular flexibility index (Phi) is 4.27. The molecule has 82 valence electrons. The van der Waals surface area contributed by atoms with Gasteiger partial charge in [0.2, 0.25) is 5.91 Å². The van der Waals surface area contributed by atoms with E-state index in [4.69, 9.17) is 10.5 Å². The molecule has 3 N–H and O–H groups in total. The monoisotopic (exact) mass is 208 g/mol. The summed E-state index contributed by atoms with van der Waals surface area (Å²) in [5.41, 5.74) is 7.16. The van der Waals surface area contributed by atoms with E-state index in [-0.39, 0.29) is 5.91 Å². The molecule has 0 saturated carbocycles. The number of methoxy groups -OCH3 is 1. The van der Waals surface area contributed by atoms with Crippen LogP contribution in [-0.4, -0.2) is 20.1 Å². The predicted octanol–water partition coefficient (Wildman–Crippen LogP) is 0.579. The van der Waals surface area contributed by atoms with E-state index >= 15 is 0 Å². The molecule has 0 aliphatic rings. The third kappa shape index (κ3) is 3.04. The number of amides is 1. The number of likely N-dealkylation sites (N-methyl/N-ethyl adjacent to an activating group) is 1. The quantitative estimate of drug-likeness (QED) is 0.744. The van der Waals surface area contributed by atoms with Gasteiger partial charge in [-0.1, -0.05) is 24.3 Å². The van der Waals surface area contributed by atoms with Crippen molar-refractivity contribution in [3.8, 4) is 0 Å². The molecule has 1 aromatic carbocycles. The van der Waals surface area contributed by atoms with Crippen LogP contribution in [0.5, 0.6) is 0 Å². The number of ether oxygens (including phenoxy) is 1. The van der Waals surface area contributed by atoms with Gasteiger partial charge in [-0.05, 0) is 18.2 Å². The second-order valence-corrected chi connectivity index (χ2v) is 3.30. The number of carbonyl (C=O) groups excluding carboxylic acids is 1. The molecule has 1 atom stereocenters. The molecule has 4 nitrogen and oxygen atoms in total. The number of nitrogens with two attached hydrogens (primary N) is 1. The largest absolute Gasteiger partial charge is 0.380 e. The van der Waals surface area contributed by atoms with Gasteiger partial charge in [-0.3, -0.25) is 4.79 Å². The fraction of sp³-hybridized carbons (Fsp3) is 0.364. The second kappa shape index (κ2) is 5.48. The minimum absolute atomic E-state index is 0.382. The molecule has 0 bridgehead atoms. The van der Waals surface area contributed by atoms with Crippen LogP contribution in [0, 0.1) is 0 Å². The lowest BCUT2D eigenvalue weighted by Gasteiger charge is -2.13. The molecule has 1 aromatic rings. The van der Waals surface area contributed by atoms with Gasteiger partial charge in [-0.25, -0.2) is 0 Å². The Morgan fingerprint density at radius 3 is 2.87 bits per heavy atom. The van der Waals surface area contributed by atoms with Gasteiger partial charge in [0.15, 0.2) is 0 Å². The van der Waals surface area contributed by atoms with E-state index in [0.717, 1.165) is 11.1 Å². The van der Waals surface area contributed by atoms with Crippen LogP contribution in [0.4, 0.5) is 0 Å².